The molecule has 0 spiro atoms. The fraction of sp³-hybridized carbons (Fsp3) is 0. The monoisotopic (exact) mass is 1730 g/mol. The number of pyridine rings is 6. The van der Waals surface area contributed by atoms with Crippen molar-refractivity contribution in [3.05, 3.63) is 497 Å². The van der Waals surface area contributed by atoms with Crippen molar-refractivity contribution in [2.75, 3.05) is 0 Å². The number of rotatable bonds is 16. The highest BCUT2D eigenvalue weighted by atomic mass is 15.1. The van der Waals surface area contributed by atoms with Crippen molar-refractivity contribution in [3.8, 4) is 158 Å². The van der Waals surface area contributed by atoms with E-state index in [0.29, 0.717) is 0 Å². The third-order valence-electron chi connectivity index (χ3n) is 26.2. The summed E-state index contributed by atoms with van der Waals surface area (Å²) in [6.07, 6.45) is 0. The Hall–Kier alpha value is -18.4. The Bertz CT molecular complexity index is 7780. The number of hydrogen-bond donors (Lipinski definition) is 0. The number of nitrogens with zero attached hydrogens (tertiary/aromatic N) is 10. The van der Waals surface area contributed by atoms with Gasteiger partial charge in [0.2, 0.25) is 0 Å². The molecule has 26 aromatic rings. The van der Waals surface area contributed by atoms with Crippen LogP contribution in [0.5, 0.6) is 0 Å². The molecular weight excluding hydrogens is 1650 g/mol. The molecular formula is C126H82N10. The summed E-state index contributed by atoms with van der Waals surface area (Å²) in [5, 5.41) is 9.36. The van der Waals surface area contributed by atoms with Crippen molar-refractivity contribution in [2.45, 2.75) is 0 Å². The van der Waals surface area contributed by atoms with Gasteiger partial charge in [0.1, 0.15) is 23.3 Å². The fourth-order valence-corrected chi connectivity index (χ4v) is 20.0. The predicted octanol–water partition coefficient (Wildman–Crippen LogP) is 32.1. The van der Waals surface area contributed by atoms with Gasteiger partial charge in [-0.1, -0.05) is 340 Å². The summed E-state index contributed by atoms with van der Waals surface area (Å²) in [6, 6.07) is 176. The van der Waals surface area contributed by atoms with E-state index in [2.05, 4.69) is 491 Å². The van der Waals surface area contributed by atoms with Crippen LogP contribution in [-0.2, 0) is 0 Å². The normalized spacial score (nSPS) is 11.5. The lowest BCUT2D eigenvalue weighted by atomic mass is 9.95. The van der Waals surface area contributed by atoms with Crippen molar-refractivity contribution >= 4 is 87.2 Å². The van der Waals surface area contributed by atoms with Gasteiger partial charge in [-0.3, -0.25) is 18.3 Å². The van der Waals surface area contributed by atoms with Crippen LogP contribution in [0.25, 0.3) is 245 Å². The topological polar surface area (TPSA) is 97.1 Å². The Kier molecular flexibility index (Phi) is 20.0. The quantitative estimate of drug-likeness (QED) is 0.0956. The van der Waals surface area contributed by atoms with Crippen LogP contribution < -0.4 is 0 Å². The number of hydrogen-bond acceptors (Lipinski definition) is 6. The largest absolute Gasteiger partial charge is 0.294 e. The molecule has 636 valence electrons. The highest BCUT2D eigenvalue weighted by molar-refractivity contribution is 6.30. The number of para-hydroxylation sites is 4. The minimum Gasteiger partial charge on any atom is -0.294 e. The van der Waals surface area contributed by atoms with Gasteiger partial charge >= 0.3 is 0 Å². The number of fused-ring (bicyclic) bond motifs is 14. The zero-order chi connectivity index (χ0) is 89.9. The molecule has 10 heterocycles. The lowest BCUT2D eigenvalue weighted by Crippen LogP contribution is -2.00. The van der Waals surface area contributed by atoms with E-state index < -0.39 is 0 Å². The summed E-state index contributed by atoms with van der Waals surface area (Å²) in [6.45, 7) is 0. The first kappa shape index (κ1) is 79.8. The van der Waals surface area contributed by atoms with Crippen molar-refractivity contribution < 1.29 is 0 Å². The van der Waals surface area contributed by atoms with Gasteiger partial charge in [0, 0.05) is 65.3 Å². The SMILES string of the molecule is c1ccc(-c2cc(-c3ccccc3)cc(-c3cccc(-n4c5ccccc5c5c6c7ccccc7n(-c7cccc(-c8cc(-c9ccccc9)cc(-c9ccccc9)c8)n7)c6ccc54)n3)c2)cc1.c1ccc(-c2cc(-c3ccccc3)nc(-c3cccc(-n4c5ccccc5c5c6c7ccccc7n(-c7cccc(-c8cc(-c9ccccc9)cc(-c9ccccc9)n8)n7)c6ccc54)n3)c2)cc1. The molecule has 10 aromatic heterocycles. The van der Waals surface area contributed by atoms with Crippen LogP contribution in [0.15, 0.2) is 497 Å². The van der Waals surface area contributed by atoms with Gasteiger partial charge in [-0.25, -0.2) is 29.9 Å². The first-order valence-corrected chi connectivity index (χ1v) is 46.0. The molecule has 0 amide bonds. The lowest BCUT2D eigenvalue weighted by molar-refractivity contribution is 1.07. The van der Waals surface area contributed by atoms with Crippen LogP contribution in [0, 0.1) is 0 Å². The second-order valence-electron chi connectivity index (χ2n) is 34.4. The fourth-order valence-electron chi connectivity index (χ4n) is 20.0. The van der Waals surface area contributed by atoms with Crippen LogP contribution in [0.1, 0.15) is 0 Å². The average Bonchev–Trinajstić information content (AvgIpc) is 1.55. The molecule has 10 nitrogen and oxygen atoms in total. The summed E-state index contributed by atoms with van der Waals surface area (Å²) < 4.78 is 9.27. The predicted molar refractivity (Wildman–Crippen MR) is 562 cm³/mol. The van der Waals surface area contributed by atoms with E-state index in [1.165, 1.54) is 43.8 Å². The van der Waals surface area contributed by atoms with Gasteiger partial charge < -0.3 is 0 Å². The minimum absolute atomic E-state index is 0.798. The molecule has 0 N–H and O–H groups in total. The number of aromatic nitrogens is 10. The molecule has 0 aliphatic carbocycles. The van der Waals surface area contributed by atoms with Gasteiger partial charge in [-0.05, 0) is 224 Å². The highest BCUT2D eigenvalue weighted by Crippen LogP contribution is 2.47. The molecule has 0 fully saturated rings. The summed E-state index contributed by atoms with van der Waals surface area (Å²) in [4.78, 5) is 32.3. The molecule has 0 aliphatic rings. The molecule has 0 radical (unpaired) electrons. The Morgan fingerprint density at radius 1 is 0.110 bits per heavy atom. The first-order valence-electron chi connectivity index (χ1n) is 46.0. The Labute approximate surface area is 785 Å². The van der Waals surface area contributed by atoms with Crippen LogP contribution in [0.3, 0.4) is 0 Å². The second-order valence-corrected chi connectivity index (χ2v) is 34.4. The molecule has 0 unspecified atom stereocenters. The Balaban J connectivity index is 0.000000145. The molecule has 0 aliphatic heterocycles. The van der Waals surface area contributed by atoms with Gasteiger partial charge in [0.25, 0.3) is 0 Å². The van der Waals surface area contributed by atoms with E-state index >= 15 is 0 Å². The van der Waals surface area contributed by atoms with E-state index in [-0.39, 0.29) is 0 Å². The minimum atomic E-state index is 0.798. The zero-order valence-corrected chi connectivity index (χ0v) is 73.8. The summed E-state index contributed by atoms with van der Waals surface area (Å²) in [7, 11) is 0. The summed E-state index contributed by atoms with van der Waals surface area (Å²) in [5.74, 6) is 3.37. The van der Waals surface area contributed by atoms with Gasteiger partial charge in [0.15, 0.2) is 0 Å². The van der Waals surface area contributed by atoms with E-state index in [1.807, 2.05) is 24.3 Å². The van der Waals surface area contributed by atoms with Gasteiger partial charge in [-0.15, -0.1) is 0 Å². The maximum atomic E-state index is 5.49. The van der Waals surface area contributed by atoms with Crippen molar-refractivity contribution in [3.63, 3.8) is 0 Å². The molecule has 0 saturated heterocycles. The molecule has 10 heteroatoms. The van der Waals surface area contributed by atoms with E-state index in [4.69, 9.17) is 29.9 Å². The third kappa shape index (κ3) is 14.5. The van der Waals surface area contributed by atoms with E-state index in [1.54, 1.807) is 0 Å². The zero-order valence-electron chi connectivity index (χ0n) is 73.8. The highest BCUT2D eigenvalue weighted by Gasteiger charge is 2.27. The third-order valence-corrected chi connectivity index (χ3v) is 26.2. The van der Waals surface area contributed by atoms with Crippen molar-refractivity contribution in [1.29, 1.82) is 0 Å². The lowest BCUT2D eigenvalue weighted by Gasteiger charge is -2.13. The van der Waals surface area contributed by atoms with Crippen molar-refractivity contribution in [1.82, 2.24) is 48.2 Å². The Morgan fingerprint density at radius 3 is 0.566 bits per heavy atom. The summed E-state index contributed by atoms with van der Waals surface area (Å²) in [5.41, 5.74) is 33.5. The standard InChI is InChI=1S/C64H42N4.C62H40N6/c1-5-19-43(20-6-1)47-37-48(44-21-7-2-8-22-44)40-51(39-47)55-29-17-33-61(65-55)67-57-31-15-13-27-53(57)63-59(67)35-36-60-64(63)54-28-14-16-32-58(54)68(60)62-34-18-30-56(66-62)52-41-49(45-23-9-3-10-24-45)38-50(42-52)46-25-11-4-12-26-46;1-5-19-41(20-6-1)45-37-51(43-23-9-3-10-24-43)63-53(39-45)49-29-17-33-59(65-49)67-55-31-15-13-27-47(55)61-57(67)35-36-58-62(61)48-28-14-16-32-56(48)68(58)60-34-18-30-50(66-60)54-40-46(42-21-7-2-8-22-42)38-52(64-54)44-25-11-4-12-26-44/h1-42H;1-40H. The molecule has 0 bridgehead atoms. The van der Waals surface area contributed by atoms with Crippen molar-refractivity contribution in [2.24, 2.45) is 0 Å². The Morgan fingerprint density at radius 2 is 0.309 bits per heavy atom. The van der Waals surface area contributed by atoms with Crippen LogP contribution in [-0.4, -0.2) is 48.2 Å². The smallest absolute Gasteiger partial charge is 0.138 e. The summed E-state index contributed by atoms with van der Waals surface area (Å²) >= 11 is 0. The van der Waals surface area contributed by atoms with Crippen LogP contribution >= 0.6 is 0 Å². The molecule has 0 saturated carbocycles. The van der Waals surface area contributed by atoms with Crippen LogP contribution in [0.4, 0.5) is 0 Å². The van der Waals surface area contributed by atoms with Gasteiger partial charge in [-0.2, -0.15) is 0 Å². The molecule has 16 aromatic carbocycles. The molecule has 136 heavy (non-hydrogen) atoms. The van der Waals surface area contributed by atoms with Crippen LogP contribution in [0.2, 0.25) is 0 Å². The van der Waals surface area contributed by atoms with E-state index in [0.717, 1.165) is 201 Å². The maximum absolute atomic E-state index is 5.49. The molecule has 0 atom stereocenters. The maximum Gasteiger partial charge on any atom is 0.138 e. The van der Waals surface area contributed by atoms with E-state index in [9.17, 15) is 0 Å². The number of benzene rings is 16. The van der Waals surface area contributed by atoms with Gasteiger partial charge in [0.05, 0.1) is 89.7 Å². The second kappa shape index (κ2) is 34.2. The first-order chi connectivity index (χ1) is 67.4. The molecule has 26 rings (SSSR count). The average molecular weight is 1740 g/mol.